The van der Waals surface area contributed by atoms with Gasteiger partial charge in [0.25, 0.3) is 0 Å². The van der Waals surface area contributed by atoms with Gasteiger partial charge in [-0.3, -0.25) is 0 Å². The summed E-state index contributed by atoms with van der Waals surface area (Å²) in [5.74, 6) is 0. The molecule has 0 aromatic heterocycles. The molecule has 1 nitrogen and oxygen atoms in total. The summed E-state index contributed by atoms with van der Waals surface area (Å²) >= 11 is -3.11. The molecule has 0 fully saturated rings. The SMILES string of the molecule is CCCCN(CCCC)CCCC.[Cl][Ti]([Cl])([Cl])[Cl]. The second-order valence-electron chi connectivity index (χ2n) is 4.33. The van der Waals surface area contributed by atoms with E-state index in [1.54, 1.807) is 0 Å². The summed E-state index contributed by atoms with van der Waals surface area (Å²) in [5, 5.41) is 0. The molecular weight excluding hydrogens is 348 g/mol. The Balaban J connectivity index is 0. The molecule has 0 aliphatic heterocycles. The molecular formula is C12H27Cl4NTi. The average molecular weight is 375 g/mol. The van der Waals surface area contributed by atoms with Crippen LogP contribution in [0.5, 0.6) is 0 Å². The first kappa shape index (κ1) is 22.1. The monoisotopic (exact) mass is 373 g/mol. The van der Waals surface area contributed by atoms with Gasteiger partial charge in [-0.25, -0.2) is 0 Å². The van der Waals surface area contributed by atoms with Gasteiger partial charge in [0.2, 0.25) is 0 Å². The Morgan fingerprint density at radius 2 is 0.889 bits per heavy atom. The van der Waals surface area contributed by atoms with Crippen molar-refractivity contribution in [2.75, 3.05) is 19.6 Å². The van der Waals surface area contributed by atoms with Gasteiger partial charge in [0.05, 0.1) is 0 Å². The van der Waals surface area contributed by atoms with Crippen molar-refractivity contribution < 1.29 is 12.3 Å². The second-order valence-corrected chi connectivity index (χ2v) is 19.8. The van der Waals surface area contributed by atoms with Crippen molar-refractivity contribution in [2.45, 2.75) is 59.3 Å². The van der Waals surface area contributed by atoms with E-state index in [2.05, 4.69) is 25.7 Å². The number of hydrogen-bond donors (Lipinski definition) is 0. The number of rotatable bonds is 9. The molecule has 0 aromatic carbocycles. The summed E-state index contributed by atoms with van der Waals surface area (Å²) in [6.07, 6.45) is 8.09. The molecule has 0 saturated heterocycles. The van der Waals surface area contributed by atoms with E-state index < -0.39 is 12.3 Å². The Hall–Kier alpha value is 1.83. The predicted octanol–water partition coefficient (Wildman–Crippen LogP) is 6.44. The summed E-state index contributed by atoms with van der Waals surface area (Å²) < 4.78 is 0. The van der Waals surface area contributed by atoms with Gasteiger partial charge >= 0.3 is 49.6 Å². The van der Waals surface area contributed by atoms with Gasteiger partial charge in [0.1, 0.15) is 0 Å². The molecule has 18 heavy (non-hydrogen) atoms. The fourth-order valence-corrected chi connectivity index (χ4v) is 1.48. The Morgan fingerprint density at radius 1 is 0.667 bits per heavy atom. The van der Waals surface area contributed by atoms with Gasteiger partial charge in [-0.1, -0.05) is 40.0 Å². The van der Waals surface area contributed by atoms with Crippen molar-refractivity contribution in [3.05, 3.63) is 0 Å². The summed E-state index contributed by atoms with van der Waals surface area (Å²) in [6.45, 7) is 10.8. The molecule has 0 aliphatic carbocycles. The van der Waals surface area contributed by atoms with Crippen LogP contribution in [-0.2, 0) is 12.3 Å². The van der Waals surface area contributed by atoms with Gasteiger partial charge in [-0.05, 0) is 38.9 Å². The summed E-state index contributed by atoms with van der Waals surface area (Å²) in [5.41, 5.74) is 0. The van der Waals surface area contributed by atoms with Crippen molar-refractivity contribution in [1.29, 1.82) is 0 Å². The molecule has 0 aromatic rings. The van der Waals surface area contributed by atoms with Crippen LogP contribution in [0.25, 0.3) is 0 Å². The van der Waals surface area contributed by atoms with E-state index in [4.69, 9.17) is 37.2 Å². The first-order valence-corrected chi connectivity index (χ1v) is 15.4. The fraction of sp³-hybridized carbons (Fsp3) is 1.00. The Morgan fingerprint density at radius 3 is 1.06 bits per heavy atom. The zero-order chi connectivity index (χ0) is 14.4. The summed E-state index contributed by atoms with van der Waals surface area (Å²) in [7, 11) is 20.1. The van der Waals surface area contributed by atoms with Gasteiger partial charge in [0, 0.05) is 0 Å². The number of halogens is 4. The van der Waals surface area contributed by atoms with Crippen molar-refractivity contribution in [3.8, 4) is 0 Å². The molecule has 0 spiro atoms. The van der Waals surface area contributed by atoms with Crippen molar-refractivity contribution >= 4 is 37.2 Å². The minimum absolute atomic E-state index is 1.32. The molecule has 0 amide bonds. The maximum atomic E-state index is 5.01. The molecule has 0 rings (SSSR count). The van der Waals surface area contributed by atoms with Crippen LogP contribution in [0, 0.1) is 0 Å². The standard InChI is InChI=1S/C12H27N.4ClH.Ti/c1-4-7-10-13(11-8-5-2)12-9-6-3;;;;;/h4-12H2,1-3H3;4*1H;/q;;;;;+4/p-4. The second kappa shape index (κ2) is 15.2. The third-order valence-corrected chi connectivity index (χ3v) is 2.48. The molecule has 0 radical (unpaired) electrons. The van der Waals surface area contributed by atoms with E-state index in [0.29, 0.717) is 0 Å². The Kier molecular flexibility index (Phi) is 18.7. The fourth-order valence-electron chi connectivity index (χ4n) is 1.48. The minimum atomic E-state index is -3.11. The number of nitrogens with zero attached hydrogens (tertiary/aromatic N) is 1. The van der Waals surface area contributed by atoms with Crippen LogP contribution in [-0.4, -0.2) is 24.5 Å². The molecule has 0 N–H and O–H groups in total. The van der Waals surface area contributed by atoms with Gasteiger partial charge in [-0.15, -0.1) is 0 Å². The first-order valence-electron chi connectivity index (χ1n) is 6.83. The van der Waals surface area contributed by atoms with E-state index in [0.717, 1.165) is 0 Å². The number of hydrogen-bond acceptors (Lipinski definition) is 1. The molecule has 0 unspecified atom stereocenters. The van der Waals surface area contributed by atoms with Gasteiger partial charge in [-0.2, -0.15) is 0 Å². The van der Waals surface area contributed by atoms with Gasteiger partial charge < -0.3 is 4.90 Å². The van der Waals surface area contributed by atoms with Crippen LogP contribution in [0.2, 0.25) is 0 Å². The van der Waals surface area contributed by atoms with Gasteiger partial charge in [0.15, 0.2) is 0 Å². The van der Waals surface area contributed by atoms with E-state index in [1.807, 2.05) is 0 Å². The molecule has 0 aliphatic rings. The predicted molar refractivity (Wildman–Crippen MR) is 84.6 cm³/mol. The Labute approximate surface area is 132 Å². The van der Waals surface area contributed by atoms with Crippen LogP contribution >= 0.6 is 37.2 Å². The quantitative estimate of drug-likeness (QED) is 0.419. The molecule has 112 valence electrons. The average Bonchev–Trinajstić information content (AvgIpc) is 2.26. The van der Waals surface area contributed by atoms with Crippen LogP contribution in [0.1, 0.15) is 59.3 Å². The molecule has 0 bridgehead atoms. The Bertz CT molecular complexity index is 140. The topological polar surface area (TPSA) is 3.24 Å². The molecule has 0 heterocycles. The molecule has 6 heteroatoms. The number of unbranched alkanes of at least 4 members (excludes halogenated alkanes) is 3. The van der Waals surface area contributed by atoms with E-state index in [9.17, 15) is 0 Å². The van der Waals surface area contributed by atoms with Crippen LogP contribution < -0.4 is 0 Å². The van der Waals surface area contributed by atoms with Crippen molar-refractivity contribution in [2.24, 2.45) is 0 Å². The normalized spacial score (nSPS) is 11.3. The summed E-state index contributed by atoms with van der Waals surface area (Å²) in [6, 6.07) is 0. The van der Waals surface area contributed by atoms with E-state index >= 15 is 0 Å². The first-order chi connectivity index (χ1) is 8.35. The van der Waals surface area contributed by atoms with E-state index in [-0.39, 0.29) is 0 Å². The summed E-state index contributed by atoms with van der Waals surface area (Å²) in [4.78, 5) is 2.64. The molecule has 0 saturated carbocycles. The van der Waals surface area contributed by atoms with Crippen LogP contribution in [0.15, 0.2) is 0 Å². The third-order valence-electron chi connectivity index (χ3n) is 2.48. The van der Waals surface area contributed by atoms with Crippen LogP contribution in [0.3, 0.4) is 0 Å². The van der Waals surface area contributed by atoms with Crippen molar-refractivity contribution in [3.63, 3.8) is 0 Å². The van der Waals surface area contributed by atoms with Crippen LogP contribution in [0.4, 0.5) is 0 Å². The maximum absolute atomic E-state index is 5.01. The zero-order valence-electron chi connectivity index (χ0n) is 11.8. The van der Waals surface area contributed by atoms with E-state index in [1.165, 1.54) is 58.2 Å². The van der Waals surface area contributed by atoms with Crippen molar-refractivity contribution in [1.82, 2.24) is 4.90 Å². The molecule has 0 atom stereocenters. The third kappa shape index (κ3) is 26.4. The zero-order valence-corrected chi connectivity index (χ0v) is 16.4.